The van der Waals surface area contributed by atoms with E-state index in [0.29, 0.717) is 17.5 Å². The van der Waals surface area contributed by atoms with E-state index in [4.69, 9.17) is 15.0 Å². The molecular weight excluding hydrogens is 583 g/mol. The van der Waals surface area contributed by atoms with Crippen LogP contribution in [0.1, 0.15) is 0 Å². The van der Waals surface area contributed by atoms with Gasteiger partial charge >= 0.3 is 0 Å². The number of nitrogens with zero attached hydrogens (tertiary/aromatic N) is 3. The van der Waals surface area contributed by atoms with Crippen molar-refractivity contribution in [3.63, 3.8) is 0 Å². The molecule has 9 rings (SSSR count). The first kappa shape index (κ1) is 27.8. The van der Waals surface area contributed by atoms with Crippen LogP contribution in [0.25, 0.3) is 88.7 Å². The van der Waals surface area contributed by atoms with Crippen molar-refractivity contribution in [2.45, 2.75) is 0 Å². The van der Waals surface area contributed by atoms with E-state index in [-0.39, 0.29) is 0 Å². The van der Waals surface area contributed by atoms with E-state index in [2.05, 4.69) is 176 Å². The molecule has 0 unspecified atom stereocenters. The quantitative estimate of drug-likeness (QED) is 0.194. The van der Waals surface area contributed by atoms with Crippen molar-refractivity contribution in [2.75, 3.05) is 0 Å². The minimum atomic E-state index is 0.644. The largest absolute Gasteiger partial charge is 0.208 e. The fraction of sp³-hybridized carbons (Fsp3) is 0. The van der Waals surface area contributed by atoms with Gasteiger partial charge in [0, 0.05) is 16.7 Å². The summed E-state index contributed by atoms with van der Waals surface area (Å²) in [6.45, 7) is 0. The molecule has 0 aliphatic heterocycles. The fourth-order valence-electron chi connectivity index (χ4n) is 6.66. The second-order valence-electron chi connectivity index (χ2n) is 12.1. The first-order valence-corrected chi connectivity index (χ1v) is 16.2. The van der Waals surface area contributed by atoms with Crippen LogP contribution in [0, 0.1) is 0 Å². The molecule has 0 saturated heterocycles. The van der Waals surface area contributed by atoms with Crippen LogP contribution in [0.5, 0.6) is 0 Å². The highest BCUT2D eigenvalue weighted by molar-refractivity contribution is 5.97. The molecule has 0 spiro atoms. The molecular formula is C45H29N3. The number of aromatic nitrogens is 3. The predicted molar refractivity (Wildman–Crippen MR) is 200 cm³/mol. The van der Waals surface area contributed by atoms with Crippen LogP contribution in [-0.2, 0) is 0 Å². The molecule has 0 amide bonds. The summed E-state index contributed by atoms with van der Waals surface area (Å²) < 4.78 is 0. The smallest absolute Gasteiger partial charge is 0.164 e. The molecule has 9 aromatic rings. The Kier molecular flexibility index (Phi) is 6.80. The lowest BCUT2D eigenvalue weighted by Gasteiger charge is -2.12. The Morgan fingerprint density at radius 2 is 0.729 bits per heavy atom. The predicted octanol–water partition coefficient (Wildman–Crippen LogP) is 11.7. The third-order valence-electron chi connectivity index (χ3n) is 9.11. The van der Waals surface area contributed by atoms with Gasteiger partial charge in [-0.2, -0.15) is 0 Å². The maximum Gasteiger partial charge on any atom is 0.164 e. The van der Waals surface area contributed by atoms with Gasteiger partial charge in [0.15, 0.2) is 17.5 Å². The van der Waals surface area contributed by atoms with Crippen molar-refractivity contribution in [1.29, 1.82) is 0 Å². The van der Waals surface area contributed by atoms with E-state index in [0.717, 1.165) is 44.0 Å². The topological polar surface area (TPSA) is 38.7 Å². The zero-order valence-electron chi connectivity index (χ0n) is 26.1. The van der Waals surface area contributed by atoms with Gasteiger partial charge in [-0.3, -0.25) is 0 Å². The highest BCUT2D eigenvalue weighted by Crippen LogP contribution is 2.34. The highest BCUT2D eigenvalue weighted by atomic mass is 15.0. The summed E-state index contributed by atoms with van der Waals surface area (Å²) in [4.78, 5) is 15.3. The van der Waals surface area contributed by atoms with Crippen LogP contribution in [0.4, 0.5) is 0 Å². The maximum atomic E-state index is 5.11. The number of fused-ring (bicyclic) bond motifs is 3. The summed E-state index contributed by atoms with van der Waals surface area (Å²) >= 11 is 0. The van der Waals surface area contributed by atoms with Crippen molar-refractivity contribution in [3.05, 3.63) is 176 Å². The van der Waals surface area contributed by atoms with E-state index in [9.17, 15) is 0 Å². The average Bonchev–Trinajstić information content (AvgIpc) is 3.17. The zero-order chi connectivity index (χ0) is 31.9. The van der Waals surface area contributed by atoms with E-state index in [1.807, 2.05) is 0 Å². The SMILES string of the molecule is c1cc(-c2ccc(-c3cccc4ccccc34)cc2)cc(-c2nc(-c3ccc4ccccc4c3)nc(-c3cccc4ccccc34)n2)c1. The standard InChI is InChI=1S/C45H29N3/c1-2-13-35-29-38(27-24-30(35)10-1)44-46-43(47-45(48-44)42-21-9-15-33-12-4-6-19-41(33)42)37-17-7-16-36(28-37)31-22-25-34(26-23-31)40-20-8-14-32-11-3-5-18-39(32)40/h1-29H. The van der Waals surface area contributed by atoms with Crippen molar-refractivity contribution in [1.82, 2.24) is 15.0 Å². The van der Waals surface area contributed by atoms with Gasteiger partial charge in [0.25, 0.3) is 0 Å². The minimum Gasteiger partial charge on any atom is -0.208 e. The summed E-state index contributed by atoms with van der Waals surface area (Å²) in [6.07, 6.45) is 0. The Morgan fingerprint density at radius 3 is 1.46 bits per heavy atom. The second kappa shape index (κ2) is 11.7. The first-order valence-electron chi connectivity index (χ1n) is 16.2. The van der Waals surface area contributed by atoms with E-state index >= 15 is 0 Å². The van der Waals surface area contributed by atoms with Crippen molar-refractivity contribution in [3.8, 4) is 56.4 Å². The molecule has 0 radical (unpaired) electrons. The van der Waals surface area contributed by atoms with E-state index in [1.54, 1.807) is 0 Å². The zero-order valence-corrected chi connectivity index (χ0v) is 26.1. The van der Waals surface area contributed by atoms with Crippen molar-refractivity contribution >= 4 is 32.3 Å². The third-order valence-corrected chi connectivity index (χ3v) is 9.11. The molecule has 1 aromatic heterocycles. The van der Waals surface area contributed by atoms with Crippen LogP contribution in [0.3, 0.4) is 0 Å². The summed E-state index contributed by atoms with van der Waals surface area (Å²) in [5.41, 5.74) is 7.56. The molecule has 0 atom stereocenters. The minimum absolute atomic E-state index is 0.644. The lowest BCUT2D eigenvalue weighted by molar-refractivity contribution is 1.08. The molecule has 0 fully saturated rings. The Balaban J connectivity index is 1.15. The van der Waals surface area contributed by atoms with Gasteiger partial charge < -0.3 is 0 Å². The Labute approximate surface area is 278 Å². The lowest BCUT2D eigenvalue weighted by Crippen LogP contribution is -2.00. The molecule has 3 heteroatoms. The van der Waals surface area contributed by atoms with E-state index in [1.165, 1.54) is 27.3 Å². The molecule has 8 aromatic carbocycles. The Morgan fingerprint density at radius 1 is 0.250 bits per heavy atom. The fourth-order valence-corrected chi connectivity index (χ4v) is 6.66. The van der Waals surface area contributed by atoms with Crippen LogP contribution in [-0.4, -0.2) is 15.0 Å². The molecule has 0 aliphatic carbocycles. The molecule has 0 bridgehead atoms. The average molecular weight is 612 g/mol. The molecule has 3 nitrogen and oxygen atoms in total. The van der Waals surface area contributed by atoms with Gasteiger partial charge in [-0.05, 0) is 66.7 Å². The number of rotatable bonds is 5. The third kappa shape index (κ3) is 5.08. The summed E-state index contributed by atoms with van der Waals surface area (Å²) in [5, 5.41) is 7.10. The molecule has 48 heavy (non-hydrogen) atoms. The second-order valence-corrected chi connectivity index (χ2v) is 12.1. The molecule has 1 heterocycles. The molecule has 0 N–H and O–H groups in total. The van der Waals surface area contributed by atoms with Gasteiger partial charge in [0.2, 0.25) is 0 Å². The monoisotopic (exact) mass is 611 g/mol. The highest BCUT2D eigenvalue weighted by Gasteiger charge is 2.15. The molecule has 0 saturated carbocycles. The Hall–Kier alpha value is -6.45. The summed E-state index contributed by atoms with van der Waals surface area (Å²) in [5.74, 6) is 1.95. The van der Waals surface area contributed by atoms with Crippen LogP contribution in [0.2, 0.25) is 0 Å². The maximum absolute atomic E-state index is 5.11. The van der Waals surface area contributed by atoms with Gasteiger partial charge in [0.1, 0.15) is 0 Å². The van der Waals surface area contributed by atoms with Gasteiger partial charge in [0.05, 0.1) is 0 Å². The van der Waals surface area contributed by atoms with Crippen molar-refractivity contribution < 1.29 is 0 Å². The lowest BCUT2D eigenvalue weighted by atomic mass is 9.96. The first-order chi connectivity index (χ1) is 23.8. The van der Waals surface area contributed by atoms with Crippen LogP contribution < -0.4 is 0 Å². The Bertz CT molecular complexity index is 2610. The van der Waals surface area contributed by atoms with Crippen LogP contribution in [0.15, 0.2) is 176 Å². The molecule has 224 valence electrons. The number of benzene rings is 8. The summed E-state index contributed by atoms with van der Waals surface area (Å²) in [7, 11) is 0. The molecule has 0 aliphatic rings. The van der Waals surface area contributed by atoms with Crippen LogP contribution >= 0.6 is 0 Å². The normalized spacial score (nSPS) is 11.3. The van der Waals surface area contributed by atoms with E-state index < -0.39 is 0 Å². The van der Waals surface area contributed by atoms with Crippen molar-refractivity contribution in [2.24, 2.45) is 0 Å². The number of hydrogen-bond donors (Lipinski definition) is 0. The van der Waals surface area contributed by atoms with Gasteiger partial charge in [-0.15, -0.1) is 0 Å². The number of hydrogen-bond acceptors (Lipinski definition) is 3. The van der Waals surface area contributed by atoms with Gasteiger partial charge in [-0.25, -0.2) is 15.0 Å². The van der Waals surface area contributed by atoms with Gasteiger partial charge in [-0.1, -0.05) is 164 Å². The summed E-state index contributed by atoms with van der Waals surface area (Å²) in [6, 6.07) is 61.8.